The first-order chi connectivity index (χ1) is 10.1. The minimum Gasteiger partial charge on any atom is -0.355 e. The van der Waals surface area contributed by atoms with Crippen molar-refractivity contribution < 1.29 is 0 Å². The molecule has 0 aromatic heterocycles. The molecule has 0 amide bonds. The van der Waals surface area contributed by atoms with Gasteiger partial charge in [0.15, 0.2) is 5.96 Å². The van der Waals surface area contributed by atoms with Crippen LogP contribution in [-0.4, -0.2) is 44.1 Å². The Morgan fingerprint density at radius 2 is 2.14 bits per heavy atom. The van der Waals surface area contributed by atoms with Crippen molar-refractivity contribution in [2.45, 2.75) is 25.4 Å². The Morgan fingerprint density at radius 1 is 1.36 bits per heavy atom. The van der Waals surface area contributed by atoms with E-state index >= 15 is 0 Å². The topological polar surface area (TPSA) is 39.7 Å². The van der Waals surface area contributed by atoms with Gasteiger partial charge in [0.1, 0.15) is 0 Å². The highest BCUT2D eigenvalue weighted by atomic mass is 127. The van der Waals surface area contributed by atoms with Crippen LogP contribution in [0.1, 0.15) is 18.4 Å². The predicted octanol–water partition coefficient (Wildman–Crippen LogP) is 3.37. The van der Waals surface area contributed by atoms with Crippen LogP contribution in [0.5, 0.6) is 0 Å². The van der Waals surface area contributed by atoms with Crippen LogP contribution in [0.15, 0.2) is 23.2 Å². The Bertz CT molecular complexity index is 510. The third-order valence-electron chi connectivity index (χ3n) is 3.86. The summed E-state index contributed by atoms with van der Waals surface area (Å²) in [6, 6.07) is 6.11. The minimum atomic E-state index is 0. The van der Waals surface area contributed by atoms with Gasteiger partial charge in [-0.2, -0.15) is 0 Å². The summed E-state index contributed by atoms with van der Waals surface area (Å²) in [6.07, 6.45) is 2.51. The molecule has 0 radical (unpaired) electrons. The predicted molar refractivity (Wildman–Crippen MR) is 106 cm³/mol. The molecule has 1 unspecified atom stereocenters. The van der Waals surface area contributed by atoms with E-state index in [1.807, 2.05) is 12.1 Å². The molecule has 7 heteroatoms. The van der Waals surface area contributed by atoms with Crippen molar-refractivity contribution in [3.63, 3.8) is 0 Å². The summed E-state index contributed by atoms with van der Waals surface area (Å²) in [7, 11) is 3.94. The Labute approximate surface area is 159 Å². The van der Waals surface area contributed by atoms with Crippen molar-refractivity contribution in [1.29, 1.82) is 0 Å². The molecule has 0 aliphatic carbocycles. The largest absolute Gasteiger partial charge is 0.355 e. The van der Waals surface area contributed by atoms with E-state index in [1.165, 1.54) is 19.4 Å². The van der Waals surface area contributed by atoms with E-state index in [4.69, 9.17) is 23.2 Å². The van der Waals surface area contributed by atoms with Crippen LogP contribution in [0.25, 0.3) is 0 Å². The van der Waals surface area contributed by atoms with E-state index in [0.29, 0.717) is 22.6 Å². The van der Waals surface area contributed by atoms with E-state index in [2.05, 4.69) is 27.6 Å². The van der Waals surface area contributed by atoms with E-state index < -0.39 is 0 Å². The molecule has 1 fully saturated rings. The molecule has 0 saturated carbocycles. The zero-order valence-electron chi connectivity index (χ0n) is 12.9. The molecule has 1 atom stereocenters. The van der Waals surface area contributed by atoms with Crippen LogP contribution in [0.2, 0.25) is 10.0 Å². The molecule has 2 N–H and O–H groups in total. The van der Waals surface area contributed by atoms with Crippen molar-refractivity contribution in [3.05, 3.63) is 33.8 Å². The summed E-state index contributed by atoms with van der Waals surface area (Å²) in [5, 5.41) is 7.96. The maximum atomic E-state index is 6.16. The Morgan fingerprint density at radius 3 is 2.73 bits per heavy atom. The van der Waals surface area contributed by atoms with Gasteiger partial charge in [-0.3, -0.25) is 4.99 Å². The second kappa shape index (κ2) is 9.80. The number of nitrogens with zero attached hydrogens (tertiary/aromatic N) is 2. The van der Waals surface area contributed by atoms with E-state index in [0.717, 1.165) is 18.1 Å². The van der Waals surface area contributed by atoms with Gasteiger partial charge >= 0.3 is 0 Å². The quantitative estimate of drug-likeness (QED) is 0.414. The number of hydrogen-bond donors (Lipinski definition) is 2. The molecule has 1 aliphatic rings. The van der Waals surface area contributed by atoms with Crippen LogP contribution in [0, 0.1) is 0 Å². The first kappa shape index (κ1) is 19.8. The van der Waals surface area contributed by atoms with E-state index in [1.54, 1.807) is 13.1 Å². The van der Waals surface area contributed by atoms with Crippen molar-refractivity contribution in [3.8, 4) is 0 Å². The van der Waals surface area contributed by atoms with Gasteiger partial charge in [-0.05, 0) is 44.1 Å². The monoisotopic (exact) mass is 456 g/mol. The summed E-state index contributed by atoms with van der Waals surface area (Å²) in [4.78, 5) is 6.63. The molecule has 1 saturated heterocycles. The first-order valence-electron chi connectivity index (χ1n) is 7.19. The third kappa shape index (κ3) is 5.76. The number of rotatable bonds is 4. The normalized spacial score (nSPS) is 18.9. The fourth-order valence-corrected chi connectivity index (χ4v) is 2.99. The highest BCUT2D eigenvalue weighted by Crippen LogP contribution is 2.20. The first-order valence-corrected chi connectivity index (χ1v) is 7.94. The standard InChI is InChI=1S/C15H22Cl2N4.HI/c1-18-15(20-10-13-4-3-7-21(13)2)19-9-11-5-6-12(16)8-14(11)17;/h5-6,8,13H,3-4,7,9-10H2,1-2H3,(H2,18,19,20);1H. The molecule has 1 aliphatic heterocycles. The third-order valence-corrected chi connectivity index (χ3v) is 4.45. The van der Waals surface area contributed by atoms with Gasteiger partial charge in [-0.1, -0.05) is 29.3 Å². The number of hydrogen-bond acceptors (Lipinski definition) is 2. The van der Waals surface area contributed by atoms with Gasteiger partial charge in [-0.25, -0.2) is 0 Å². The number of aliphatic imine (C=N–C) groups is 1. The smallest absolute Gasteiger partial charge is 0.191 e. The van der Waals surface area contributed by atoms with Gasteiger partial charge in [0.05, 0.1) is 0 Å². The second-order valence-electron chi connectivity index (χ2n) is 5.32. The molecule has 1 aromatic rings. The summed E-state index contributed by atoms with van der Waals surface area (Å²) in [6.45, 7) is 2.71. The number of guanidine groups is 1. The highest BCUT2D eigenvalue weighted by molar-refractivity contribution is 14.0. The SMILES string of the molecule is CN=C(NCc1ccc(Cl)cc1Cl)NCC1CCCN1C.I. The zero-order valence-corrected chi connectivity index (χ0v) is 16.7. The molecule has 0 bridgehead atoms. The van der Waals surface area contributed by atoms with Crippen molar-refractivity contribution in [2.24, 2.45) is 4.99 Å². The summed E-state index contributed by atoms with van der Waals surface area (Å²) in [5.41, 5.74) is 1.00. The van der Waals surface area contributed by atoms with Crippen LogP contribution >= 0.6 is 47.2 Å². The fourth-order valence-electron chi connectivity index (χ4n) is 2.52. The zero-order chi connectivity index (χ0) is 15.2. The maximum Gasteiger partial charge on any atom is 0.191 e. The van der Waals surface area contributed by atoms with E-state index in [9.17, 15) is 0 Å². The highest BCUT2D eigenvalue weighted by Gasteiger charge is 2.20. The summed E-state index contributed by atoms with van der Waals surface area (Å²) < 4.78 is 0. The molecular weight excluding hydrogens is 434 g/mol. The minimum absolute atomic E-state index is 0. The van der Waals surface area contributed by atoms with Crippen LogP contribution < -0.4 is 10.6 Å². The van der Waals surface area contributed by atoms with Crippen LogP contribution in [-0.2, 0) is 6.54 Å². The van der Waals surface area contributed by atoms with Crippen LogP contribution in [0.4, 0.5) is 0 Å². The number of halogens is 3. The molecule has 0 spiro atoms. The lowest BCUT2D eigenvalue weighted by Gasteiger charge is -2.21. The Balaban J connectivity index is 0.00000242. The number of likely N-dealkylation sites (tertiary alicyclic amines) is 1. The molecule has 124 valence electrons. The second-order valence-corrected chi connectivity index (χ2v) is 6.16. The maximum absolute atomic E-state index is 6.16. The fraction of sp³-hybridized carbons (Fsp3) is 0.533. The van der Waals surface area contributed by atoms with E-state index in [-0.39, 0.29) is 24.0 Å². The number of nitrogens with one attached hydrogen (secondary N) is 2. The Kier molecular flexibility index (Phi) is 8.82. The van der Waals surface area contributed by atoms with Crippen molar-refractivity contribution in [1.82, 2.24) is 15.5 Å². The van der Waals surface area contributed by atoms with Gasteiger partial charge in [-0.15, -0.1) is 24.0 Å². The molecular formula is C15H23Cl2IN4. The molecule has 1 heterocycles. The lowest BCUT2D eigenvalue weighted by molar-refractivity contribution is 0.309. The van der Waals surface area contributed by atoms with Gasteiger partial charge < -0.3 is 15.5 Å². The summed E-state index contributed by atoms with van der Waals surface area (Å²) in [5.74, 6) is 0.793. The lowest BCUT2D eigenvalue weighted by Crippen LogP contribution is -2.43. The number of likely N-dealkylation sites (N-methyl/N-ethyl adjacent to an activating group) is 1. The number of benzene rings is 1. The lowest BCUT2D eigenvalue weighted by atomic mass is 10.2. The molecule has 4 nitrogen and oxygen atoms in total. The molecule has 1 aromatic carbocycles. The van der Waals surface area contributed by atoms with Gasteiger partial charge in [0.25, 0.3) is 0 Å². The average Bonchev–Trinajstić information content (AvgIpc) is 2.86. The molecule has 22 heavy (non-hydrogen) atoms. The van der Waals surface area contributed by atoms with Crippen molar-refractivity contribution in [2.75, 3.05) is 27.2 Å². The summed E-state index contributed by atoms with van der Waals surface area (Å²) >= 11 is 12.1. The van der Waals surface area contributed by atoms with Crippen LogP contribution in [0.3, 0.4) is 0 Å². The average molecular weight is 457 g/mol. The van der Waals surface area contributed by atoms with Gasteiger partial charge in [0, 0.05) is 36.2 Å². The van der Waals surface area contributed by atoms with Crippen molar-refractivity contribution >= 4 is 53.1 Å². The molecule has 2 rings (SSSR count). The van der Waals surface area contributed by atoms with Gasteiger partial charge in [0.2, 0.25) is 0 Å². The Hall–Kier alpha value is -0.240.